The summed E-state index contributed by atoms with van der Waals surface area (Å²) in [7, 11) is 3.61. The van der Waals surface area contributed by atoms with Gasteiger partial charge in [-0.1, -0.05) is 30.3 Å². The van der Waals surface area contributed by atoms with Gasteiger partial charge in [0, 0.05) is 43.4 Å². The third-order valence-corrected chi connectivity index (χ3v) is 4.83. The van der Waals surface area contributed by atoms with E-state index in [9.17, 15) is 9.59 Å². The number of hydrogen-bond acceptors (Lipinski definition) is 4. The molecule has 6 heteroatoms. The minimum Gasteiger partial charge on any atom is -0.341 e. The van der Waals surface area contributed by atoms with Crippen molar-refractivity contribution in [3.05, 3.63) is 53.9 Å². The molecule has 0 saturated carbocycles. The number of aromatic nitrogens is 2. The van der Waals surface area contributed by atoms with Crippen LogP contribution in [-0.4, -0.2) is 46.5 Å². The predicted octanol–water partition coefficient (Wildman–Crippen LogP) is 1.80. The van der Waals surface area contributed by atoms with Crippen LogP contribution in [0.15, 0.2) is 42.7 Å². The number of hydrogen-bond donors (Lipinski definition) is 1. The predicted molar refractivity (Wildman–Crippen MR) is 95.1 cm³/mol. The molecule has 1 N–H and O–H groups in total. The van der Waals surface area contributed by atoms with E-state index in [0.29, 0.717) is 25.9 Å². The summed E-state index contributed by atoms with van der Waals surface area (Å²) in [6, 6.07) is 9.01. The van der Waals surface area contributed by atoms with Gasteiger partial charge < -0.3 is 10.2 Å². The number of rotatable bonds is 5. The van der Waals surface area contributed by atoms with Gasteiger partial charge in [0.25, 0.3) is 0 Å². The zero-order valence-corrected chi connectivity index (χ0v) is 14.7. The summed E-state index contributed by atoms with van der Waals surface area (Å²) in [5, 5.41) is 7.22. The molecule has 0 radical (unpaired) electrons. The van der Waals surface area contributed by atoms with E-state index in [1.807, 2.05) is 48.5 Å². The van der Waals surface area contributed by atoms with Crippen molar-refractivity contribution in [3.8, 4) is 0 Å². The maximum Gasteiger partial charge on any atom is 0.244 e. The van der Waals surface area contributed by atoms with Gasteiger partial charge >= 0.3 is 0 Å². The van der Waals surface area contributed by atoms with Gasteiger partial charge in [0.15, 0.2) is 5.78 Å². The number of carbonyl (C=O) groups is 2. The van der Waals surface area contributed by atoms with Gasteiger partial charge in [-0.15, -0.1) is 0 Å². The average molecular weight is 340 g/mol. The van der Waals surface area contributed by atoms with Crippen LogP contribution < -0.4 is 5.32 Å². The first-order valence-electron chi connectivity index (χ1n) is 8.64. The summed E-state index contributed by atoms with van der Waals surface area (Å²) in [5.74, 6) is 0.226. The highest BCUT2D eigenvalue weighted by molar-refractivity contribution is 5.98. The Morgan fingerprint density at radius 2 is 1.88 bits per heavy atom. The molecule has 25 heavy (non-hydrogen) atoms. The van der Waals surface area contributed by atoms with Gasteiger partial charge in [-0.3, -0.25) is 14.3 Å². The van der Waals surface area contributed by atoms with Crippen molar-refractivity contribution in [2.75, 3.05) is 20.1 Å². The van der Waals surface area contributed by atoms with Gasteiger partial charge in [0.2, 0.25) is 5.91 Å². The zero-order chi connectivity index (χ0) is 17.8. The van der Waals surface area contributed by atoms with Crippen LogP contribution >= 0.6 is 0 Å². The number of carbonyl (C=O) groups excluding carboxylic acids is 2. The molecule has 1 fully saturated rings. The lowest BCUT2D eigenvalue weighted by Crippen LogP contribution is -2.45. The Balaban J connectivity index is 1.61. The monoisotopic (exact) mass is 340 g/mol. The van der Waals surface area contributed by atoms with Crippen molar-refractivity contribution in [1.29, 1.82) is 0 Å². The fraction of sp³-hybridized carbons (Fsp3) is 0.421. The smallest absolute Gasteiger partial charge is 0.244 e. The topological polar surface area (TPSA) is 67.2 Å². The first-order valence-corrected chi connectivity index (χ1v) is 8.64. The third-order valence-electron chi connectivity index (χ3n) is 4.83. The van der Waals surface area contributed by atoms with Crippen LogP contribution in [0.2, 0.25) is 0 Å². The SMILES string of the molecule is CNC(C(=O)N1CCC(C(=O)c2ccccc2)CC1)c1cnn(C)c1. The molecule has 6 nitrogen and oxygen atoms in total. The van der Waals surface area contributed by atoms with Gasteiger partial charge in [0.1, 0.15) is 6.04 Å². The molecular formula is C19H24N4O2. The molecule has 0 aliphatic carbocycles. The second-order valence-electron chi connectivity index (χ2n) is 6.50. The second kappa shape index (κ2) is 7.61. The number of benzene rings is 1. The van der Waals surface area contributed by atoms with Crippen LogP contribution in [-0.2, 0) is 11.8 Å². The van der Waals surface area contributed by atoms with Gasteiger partial charge in [-0.2, -0.15) is 5.10 Å². The number of likely N-dealkylation sites (tertiary alicyclic amines) is 1. The number of Topliss-reactive ketones (excluding diaryl/α,β-unsaturated/α-hetero) is 1. The Bertz CT molecular complexity index is 733. The standard InChI is InChI=1S/C19H24N4O2/c1-20-17(16-12-21-22(2)13-16)19(25)23-10-8-15(9-11-23)18(24)14-6-4-3-5-7-14/h3-7,12-13,15,17,20H,8-11H2,1-2H3. The number of amides is 1. The number of piperidine rings is 1. The highest BCUT2D eigenvalue weighted by Gasteiger charge is 2.31. The van der Waals surface area contributed by atoms with Crippen LogP contribution in [0.3, 0.4) is 0 Å². The molecule has 2 heterocycles. The van der Waals surface area contributed by atoms with E-state index in [1.165, 1.54) is 0 Å². The Kier molecular flexibility index (Phi) is 5.28. The second-order valence-corrected chi connectivity index (χ2v) is 6.50. The summed E-state index contributed by atoms with van der Waals surface area (Å²) in [5.41, 5.74) is 1.62. The molecule has 1 aromatic carbocycles. The minimum absolute atomic E-state index is 0.00197. The summed E-state index contributed by atoms with van der Waals surface area (Å²) in [4.78, 5) is 27.2. The van der Waals surface area contributed by atoms with Crippen molar-refractivity contribution in [2.45, 2.75) is 18.9 Å². The summed E-state index contributed by atoms with van der Waals surface area (Å²) in [6.07, 6.45) is 4.99. The number of nitrogens with one attached hydrogen (secondary N) is 1. The molecule has 2 aromatic rings. The van der Waals surface area contributed by atoms with E-state index in [4.69, 9.17) is 0 Å². The summed E-state index contributed by atoms with van der Waals surface area (Å²) >= 11 is 0. The number of aryl methyl sites for hydroxylation is 1. The molecule has 3 rings (SSSR count). The van der Waals surface area contributed by atoms with Crippen molar-refractivity contribution in [1.82, 2.24) is 20.0 Å². The lowest BCUT2D eigenvalue weighted by molar-refractivity contribution is -0.134. The molecule has 132 valence electrons. The molecule has 0 spiro atoms. The lowest BCUT2D eigenvalue weighted by atomic mass is 9.88. The minimum atomic E-state index is -0.393. The maximum atomic E-state index is 12.8. The summed E-state index contributed by atoms with van der Waals surface area (Å²) in [6.45, 7) is 1.22. The van der Waals surface area contributed by atoms with E-state index < -0.39 is 6.04 Å². The third kappa shape index (κ3) is 3.79. The Hall–Kier alpha value is -2.47. The number of likely N-dealkylation sites (N-methyl/N-ethyl adjacent to an activating group) is 1. The lowest BCUT2D eigenvalue weighted by Gasteiger charge is -2.33. The van der Waals surface area contributed by atoms with E-state index >= 15 is 0 Å². The van der Waals surface area contributed by atoms with Crippen molar-refractivity contribution in [3.63, 3.8) is 0 Å². The normalized spacial score (nSPS) is 16.6. The first-order chi connectivity index (χ1) is 12.1. The van der Waals surface area contributed by atoms with Crippen molar-refractivity contribution >= 4 is 11.7 Å². The van der Waals surface area contributed by atoms with Gasteiger partial charge in [-0.05, 0) is 19.9 Å². The quantitative estimate of drug-likeness (QED) is 0.843. The van der Waals surface area contributed by atoms with E-state index in [1.54, 1.807) is 17.9 Å². The van der Waals surface area contributed by atoms with Gasteiger partial charge in [0.05, 0.1) is 6.20 Å². The maximum absolute atomic E-state index is 12.8. The number of nitrogens with zero attached hydrogens (tertiary/aromatic N) is 3. The molecule has 1 aliphatic heterocycles. The van der Waals surface area contributed by atoms with Gasteiger partial charge in [-0.25, -0.2) is 0 Å². The Morgan fingerprint density at radius 3 is 2.44 bits per heavy atom. The fourth-order valence-corrected chi connectivity index (χ4v) is 3.40. The number of ketones is 1. The fourth-order valence-electron chi connectivity index (χ4n) is 3.40. The van der Waals surface area contributed by atoms with Crippen LogP contribution in [0.25, 0.3) is 0 Å². The molecule has 1 unspecified atom stereocenters. The van der Waals surface area contributed by atoms with Crippen molar-refractivity contribution < 1.29 is 9.59 Å². The zero-order valence-electron chi connectivity index (χ0n) is 14.7. The summed E-state index contributed by atoms with van der Waals surface area (Å²) < 4.78 is 1.69. The van der Waals surface area contributed by atoms with Crippen LogP contribution in [0.4, 0.5) is 0 Å². The van der Waals surface area contributed by atoms with Crippen molar-refractivity contribution in [2.24, 2.45) is 13.0 Å². The van der Waals surface area contributed by atoms with Crippen LogP contribution in [0.5, 0.6) is 0 Å². The molecule has 1 aromatic heterocycles. The largest absolute Gasteiger partial charge is 0.341 e. The average Bonchev–Trinajstić information content (AvgIpc) is 3.08. The van der Waals surface area contributed by atoms with E-state index in [0.717, 1.165) is 11.1 Å². The van der Waals surface area contributed by atoms with Crippen LogP contribution in [0.1, 0.15) is 34.8 Å². The first kappa shape index (κ1) is 17.4. The van der Waals surface area contributed by atoms with E-state index in [-0.39, 0.29) is 17.6 Å². The molecule has 1 saturated heterocycles. The molecule has 1 aliphatic rings. The highest BCUT2D eigenvalue weighted by Crippen LogP contribution is 2.24. The molecule has 0 bridgehead atoms. The molecule has 1 amide bonds. The molecule has 1 atom stereocenters. The van der Waals surface area contributed by atoms with E-state index in [2.05, 4.69) is 10.4 Å². The Labute approximate surface area is 147 Å². The van der Waals surface area contributed by atoms with Crippen LogP contribution in [0, 0.1) is 5.92 Å². The molecular weight excluding hydrogens is 316 g/mol. The Morgan fingerprint density at radius 1 is 1.20 bits per heavy atom. The highest BCUT2D eigenvalue weighted by atomic mass is 16.2.